The first-order valence-electron chi connectivity index (χ1n) is 11.7. The van der Waals surface area contributed by atoms with Gasteiger partial charge in [0, 0.05) is 22.6 Å². The van der Waals surface area contributed by atoms with Gasteiger partial charge in [0.15, 0.2) is 0 Å². The van der Waals surface area contributed by atoms with E-state index in [1.807, 2.05) is 36.6 Å². The van der Waals surface area contributed by atoms with Gasteiger partial charge >= 0.3 is 0 Å². The number of carbonyl (C=O) groups is 1. The molecule has 0 saturated heterocycles. The molecule has 4 rings (SSSR count). The Labute approximate surface area is 232 Å². The molecular weight excluding hydrogens is 543 g/mol. The highest BCUT2D eigenvalue weighted by atomic mass is 35.5. The van der Waals surface area contributed by atoms with Gasteiger partial charge < -0.3 is 4.57 Å². The zero-order chi connectivity index (χ0) is 27.4. The van der Waals surface area contributed by atoms with E-state index in [0.717, 1.165) is 32.5 Å². The second-order valence-electron chi connectivity index (χ2n) is 8.66. The van der Waals surface area contributed by atoms with Gasteiger partial charge in [-0.25, -0.2) is 13.8 Å². The molecule has 1 aromatic heterocycles. The van der Waals surface area contributed by atoms with Gasteiger partial charge in [0.25, 0.3) is 15.9 Å². The average molecular weight is 570 g/mol. The summed E-state index contributed by atoms with van der Waals surface area (Å²) in [6, 6.07) is 22.3. The molecule has 1 heterocycles. The Kier molecular flexibility index (Phi) is 8.26. The SMILES string of the molecule is Cc1ccccc1N(CC(=O)N/N=C\c1cc(C)n(-c2ccc(Cl)c(Cl)c2)c1C)S(=O)(=O)c1ccccc1. The maximum absolute atomic E-state index is 13.5. The summed E-state index contributed by atoms with van der Waals surface area (Å²) in [5, 5.41) is 5.02. The minimum atomic E-state index is -4.00. The lowest BCUT2D eigenvalue weighted by molar-refractivity contribution is -0.119. The summed E-state index contributed by atoms with van der Waals surface area (Å²) in [5.74, 6) is -0.581. The standard InChI is InChI=1S/C28H26Cl2N4O3S/c1-19-9-7-8-12-27(19)33(38(36,37)24-10-5-4-6-11-24)18-28(35)32-31-17-22-15-20(2)34(21(22)3)23-13-14-25(29)26(30)16-23/h4-17H,18H2,1-3H3,(H,32,35)/b31-17-. The molecule has 1 N–H and O–H groups in total. The fraction of sp³-hybridized carbons (Fsp3) is 0.143. The smallest absolute Gasteiger partial charge is 0.264 e. The van der Waals surface area contributed by atoms with Crippen LogP contribution < -0.4 is 9.73 Å². The van der Waals surface area contributed by atoms with Crippen LogP contribution >= 0.6 is 23.2 Å². The Morgan fingerprint density at radius 2 is 1.63 bits per heavy atom. The van der Waals surface area contributed by atoms with Crippen molar-refractivity contribution in [3.05, 3.63) is 111 Å². The van der Waals surface area contributed by atoms with Crippen LogP contribution in [0.25, 0.3) is 5.69 Å². The number of para-hydroxylation sites is 1. The summed E-state index contributed by atoms with van der Waals surface area (Å²) in [7, 11) is -4.00. The molecule has 0 aliphatic carbocycles. The lowest BCUT2D eigenvalue weighted by Crippen LogP contribution is -2.40. The lowest BCUT2D eigenvalue weighted by Gasteiger charge is -2.25. The van der Waals surface area contributed by atoms with Crippen molar-refractivity contribution >= 4 is 51.0 Å². The number of aryl methyl sites for hydroxylation is 2. The second kappa shape index (κ2) is 11.4. The van der Waals surface area contributed by atoms with Crippen molar-refractivity contribution < 1.29 is 13.2 Å². The first-order valence-corrected chi connectivity index (χ1v) is 13.9. The molecule has 10 heteroatoms. The number of nitrogens with one attached hydrogen (secondary N) is 1. The lowest BCUT2D eigenvalue weighted by atomic mass is 10.2. The number of nitrogens with zero attached hydrogens (tertiary/aromatic N) is 3. The summed E-state index contributed by atoms with van der Waals surface area (Å²) in [4.78, 5) is 13.0. The third kappa shape index (κ3) is 5.78. The first-order chi connectivity index (χ1) is 18.1. The topological polar surface area (TPSA) is 83.8 Å². The number of carbonyl (C=O) groups excluding carboxylic acids is 1. The van der Waals surface area contributed by atoms with Gasteiger partial charge in [-0.1, -0.05) is 59.6 Å². The number of halogens is 2. The van der Waals surface area contributed by atoms with E-state index in [4.69, 9.17) is 23.2 Å². The Hall–Kier alpha value is -3.59. The van der Waals surface area contributed by atoms with Gasteiger partial charge in [-0.15, -0.1) is 0 Å². The van der Waals surface area contributed by atoms with E-state index in [9.17, 15) is 13.2 Å². The van der Waals surface area contributed by atoms with E-state index in [2.05, 4.69) is 10.5 Å². The molecule has 0 spiro atoms. The van der Waals surface area contributed by atoms with Crippen molar-refractivity contribution in [3.8, 4) is 5.69 Å². The van der Waals surface area contributed by atoms with E-state index in [-0.39, 0.29) is 4.90 Å². The van der Waals surface area contributed by atoms with Gasteiger partial charge in [0.1, 0.15) is 6.54 Å². The van der Waals surface area contributed by atoms with E-state index >= 15 is 0 Å². The third-order valence-electron chi connectivity index (χ3n) is 6.03. The van der Waals surface area contributed by atoms with Crippen molar-refractivity contribution in [3.63, 3.8) is 0 Å². The Bertz CT molecular complexity index is 1620. The van der Waals surface area contributed by atoms with Crippen LogP contribution in [-0.4, -0.2) is 31.7 Å². The van der Waals surface area contributed by atoms with Crippen molar-refractivity contribution in [1.82, 2.24) is 9.99 Å². The van der Waals surface area contributed by atoms with Crippen molar-refractivity contribution in [1.29, 1.82) is 0 Å². The fourth-order valence-corrected chi connectivity index (χ4v) is 5.94. The number of amides is 1. The number of aromatic nitrogens is 1. The highest BCUT2D eigenvalue weighted by Crippen LogP contribution is 2.28. The van der Waals surface area contributed by atoms with Crippen molar-refractivity contribution in [2.45, 2.75) is 25.7 Å². The summed E-state index contributed by atoms with van der Waals surface area (Å²) in [5.41, 5.74) is 7.05. The quantitative estimate of drug-likeness (QED) is 0.207. The van der Waals surface area contributed by atoms with Gasteiger partial charge in [-0.05, 0) is 68.8 Å². The maximum Gasteiger partial charge on any atom is 0.264 e. The zero-order valence-electron chi connectivity index (χ0n) is 21.0. The monoisotopic (exact) mass is 568 g/mol. The summed E-state index contributed by atoms with van der Waals surface area (Å²) >= 11 is 12.2. The van der Waals surface area contributed by atoms with Crippen LogP contribution in [0, 0.1) is 20.8 Å². The van der Waals surface area contributed by atoms with Crippen LogP contribution in [0.2, 0.25) is 10.0 Å². The van der Waals surface area contributed by atoms with Crippen molar-refractivity contribution in [2.75, 3.05) is 10.8 Å². The fourth-order valence-electron chi connectivity index (χ4n) is 4.14. The van der Waals surface area contributed by atoms with E-state index in [1.165, 1.54) is 18.3 Å². The van der Waals surface area contributed by atoms with Gasteiger partial charge in [0.05, 0.1) is 26.8 Å². The molecule has 0 fully saturated rings. The Balaban J connectivity index is 1.56. The van der Waals surface area contributed by atoms with Crippen LogP contribution in [0.15, 0.2) is 88.9 Å². The normalized spacial score (nSPS) is 11.6. The molecule has 38 heavy (non-hydrogen) atoms. The molecule has 0 bridgehead atoms. The van der Waals surface area contributed by atoms with Gasteiger partial charge in [-0.2, -0.15) is 5.10 Å². The molecule has 0 unspecified atom stereocenters. The highest BCUT2D eigenvalue weighted by molar-refractivity contribution is 7.92. The summed E-state index contributed by atoms with van der Waals surface area (Å²) in [6.45, 7) is 5.22. The van der Waals surface area contributed by atoms with E-state index in [1.54, 1.807) is 55.5 Å². The number of hydrogen-bond donors (Lipinski definition) is 1. The number of hydrazone groups is 1. The first kappa shape index (κ1) is 27.4. The van der Waals surface area contributed by atoms with Crippen LogP contribution in [0.1, 0.15) is 22.5 Å². The average Bonchev–Trinajstić information content (AvgIpc) is 3.18. The highest BCUT2D eigenvalue weighted by Gasteiger charge is 2.28. The molecule has 196 valence electrons. The minimum absolute atomic E-state index is 0.0919. The van der Waals surface area contributed by atoms with Gasteiger partial charge in [0.2, 0.25) is 0 Å². The Morgan fingerprint density at radius 3 is 2.32 bits per heavy atom. The number of rotatable bonds is 8. The Morgan fingerprint density at radius 1 is 0.947 bits per heavy atom. The molecule has 0 saturated carbocycles. The van der Waals surface area contributed by atoms with Crippen LogP contribution in [0.5, 0.6) is 0 Å². The summed E-state index contributed by atoms with van der Waals surface area (Å²) in [6.07, 6.45) is 1.53. The van der Waals surface area contributed by atoms with Crippen LogP contribution in [0.4, 0.5) is 5.69 Å². The maximum atomic E-state index is 13.5. The molecule has 0 atom stereocenters. The van der Waals surface area contributed by atoms with Gasteiger partial charge in [-0.3, -0.25) is 9.10 Å². The molecule has 1 amide bonds. The number of anilines is 1. The van der Waals surface area contributed by atoms with E-state index < -0.39 is 22.5 Å². The molecule has 7 nitrogen and oxygen atoms in total. The minimum Gasteiger partial charge on any atom is -0.318 e. The third-order valence-corrected chi connectivity index (χ3v) is 8.54. The number of hydrogen-bond acceptors (Lipinski definition) is 4. The second-order valence-corrected chi connectivity index (χ2v) is 11.3. The van der Waals surface area contributed by atoms with Crippen molar-refractivity contribution in [2.24, 2.45) is 5.10 Å². The predicted molar refractivity (Wildman–Crippen MR) is 153 cm³/mol. The molecule has 0 radical (unpaired) electrons. The molecular formula is C28H26Cl2N4O3S. The van der Waals surface area contributed by atoms with E-state index in [0.29, 0.717) is 15.7 Å². The number of benzene rings is 3. The number of sulfonamides is 1. The predicted octanol–water partition coefficient (Wildman–Crippen LogP) is 6.05. The molecule has 0 aliphatic heterocycles. The molecule has 3 aromatic carbocycles. The zero-order valence-corrected chi connectivity index (χ0v) is 23.3. The molecule has 4 aromatic rings. The molecule has 0 aliphatic rings. The largest absolute Gasteiger partial charge is 0.318 e. The summed E-state index contributed by atoms with van der Waals surface area (Å²) < 4.78 is 30.0. The van der Waals surface area contributed by atoms with Crippen LogP contribution in [-0.2, 0) is 14.8 Å². The van der Waals surface area contributed by atoms with Crippen LogP contribution in [0.3, 0.4) is 0 Å².